The van der Waals surface area contributed by atoms with Gasteiger partial charge in [0, 0.05) is 20.1 Å². The van der Waals surface area contributed by atoms with E-state index in [-0.39, 0.29) is 18.1 Å². The zero-order valence-corrected chi connectivity index (χ0v) is 9.98. The lowest BCUT2D eigenvalue weighted by molar-refractivity contribution is -0.132. The molecule has 0 spiro atoms. The van der Waals surface area contributed by atoms with E-state index in [1.165, 1.54) is 0 Å². The second-order valence-corrected chi connectivity index (χ2v) is 4.39. The van der Waals surface area contributed by atoms with Gasteiger partial charge in [-0.3, -0.25) is 4.79 Å². The number of carbonyl (C=O) groups excluding carboxylic acids is 1. The van der Waals surface area contributed by atoms with E-state index in [1.807, 2.05) is 13.1 Å². The Labute approximate surface area is 97.3 Å². The first-order valence-electron chi connectivity index (χ1n) is 5.92. The first-order chi connectivity index (χ1) is 7.65. The van der Waals surface area contributed by atoms with Gasteiger partial charge in [0.05, 0.1) is 12.1 Å². The van der Waals surface area contributed by atoms with Crippen LogP contribution in [0.4, 0.5) is 0 Å². The molecule has 2 N–H and O–H groups in total. The van der Waals surface area contributed by atoms with E-state index in [2.05, 4.69) is 11.9 Å². The van der Waals surface area contributed by atoms with Crippen molar-refractivity contribution in [1.29, 1.82) is 0 Å². The molecule has 0 unspecified atom stereocenters. The molecule has 0 bridgehead atoms. The fourth-order valence-corrected chi connectivity index (χ4v) is 1.92. The molecule has 16 heavy (non-hydrogen) atoms. The first-order valence-corrected chi connectivity index (χ1v) is 5.92. The van der Waals surface area contributed by atoms with E-state index in [9.17, 15) is 9.90 Å². The minimum atomic E-state index is -0.372. The normalized spacial score (nSPS) is 24.4. The molecule has 4 heteroatoms. The molecule has 2 atom stereocenters. The number of aliphatic hydroxyl groups is 1. The SMILES string of the molecule is C=CCCCCN(C)C(=O)[C@H]1C[C@@H](O)CN1. The Balaban J connectivity index is 2.22. The molecule has 1 amide bonds. The van der Waals surface area contributed by atoms with Gasteiger partial charge in [-0.15, -0.1) is 6.58 Å². The van der Waals surface area contributed by atoms with Crippen LogP contribution in [0.2, 0.25) is 0 Å². The van der Waals surface area contributed by atoms with Crippen molar-refractivity contribution in [2.75, 3.05) is 20.1 Å². The summed E-state index contributed by atoms with van der Waals surface area (Å²) in [7, 11) is 1.82. The van der Waals surface area contributed by atoms with Crippen molar-refractivity contribution >= 4 is 5.91 Å². The summed E-state index contributed by atoms with van der Waals surface area (Å²) in [4.78, 5) is 13.6. The topological polar surface area (TPSA) is 52.6 Å². The number of nitrogens with one attached hydrogen (secondary N) is 1. The Morgan fingerprint density at radius 2 is 2.38 bits per heavy atom. The number of likely N-dealkylation sites (N-methyl/N-ethyl adjacent to an activating group) is 1. The quantitative estimate of drug-likeness (QED) is 0.513. The number of aliphatic hydroxyl groups excluding tert-OH is 1. The third-order valence-electron chi connectivity index (χ3n) is 2.93. The van der Waals surface area contributed by atoms with Crippen LogP contribution in [0.5, 0.6) is 0 Å². The van der Waals surface area contributed by atoms with Crippen molar-refractivity contribution < 1.29 is 9.90 Å². The van der Waals surface area contributed by atoms with Crippen LogP contribution in [0.25, 0.3) is 0 Å². The molecule has 4 nitrogen and oxygen atoms in total. The van der Waals surface area contributed by atoms with Crippen LogP contribution in [0.3, 0.4) is 0 Å². The minimum absolute atomic E-state index is 0.0927. The van der Waals surface area contributed by atoms with Gasteiger partial charge in [-0.2, -0.15) is 0 Å². The predicted molar refractivity (Wildman–Crippen MR) is 64.1 cm³/mol. The summed E-state index contributed by atoms with van der Waals surface area (Å²) in [5.41, 5.74) is 0. The van der Waals surface area contributed by atoms with Crippen LogP contribution in [0, 0.1) is 0 Å². The van der Waals surface area contributed by atoms with Gasteiger partial charge in [0.15, 0.2) is 0 Å². The number of β-amino-alcohol motifs (C(OH)–C–C–N with tert-alkyl or cyclic N) is 1. The minimum Gasteiger partial charge on any atom is -0.392 e. The zero-order chi connectivity index (χ0) is 12.0. The lowest BCUT2D eigenvalue weighted by atomic mass is 10.1. The molecule has 0 aromatic carbocycles. The highest BCUT2D eigenvalue weighted by atomic mass is 16.3. The maximum absolute atomic E-state index is 11.9. The summed E-state index contributed by atoms with van der Waals surface area (Å²) in [6, 6.07) is -0.195. The Hall–Kier alpha value is -0.870. The summed E-state index contributed by atoms with van der Waals surface area (Å²) < 4.78 is 0. The first kappa shape index (κ1) is 13.2. The molecule has 0 aromatic rings. The van der Waals surface area contributed by atoms with Crippen molar-refractivity contribution in [2.45, 2.75) is 37.8 Å². The molecule has 0 saturated carbocycles. The zero-order valence-electron chi connectivity index (χ0n) is 9.98. The van der Waals surface area contributed by atoms with Crippen LogP contribution in [-0.4, -0.2) is 48.2 Å². The van der Waals surface area contributed by atoms with Gasteiger partial charge >= 0.3 is 0 Å². The lowest BCUT2D eigenvalue weighted by Crippen LogP contribution is -2.41. The number of nitrogens with zero attached hydrogens (tertiary/aromatic N) is 1. The number of amides is 1. The fraction of sp³-hybridized carbons (Fsp3) is 0.750. The van der Waals surface area contributed by atoms with E-state index >= 15 is 0 Å². The summed E-state index contributed by atoms with van der Waals surface area (Å²) in [6.07, 6.45) is 5.14. The molecule has 0 aromatic heterocycles. The molecule has 1 aliphatic heterocycles. The van der Waals surface area contributed by atoms with E-state index in [4.69, 9.17) is 0 Å². The van der Waals surface area contributed by atoms with Crippen LogP contribution in [0.1, 0.15) is 25.7 Å². The molecule has 1 rings (SSSR count). The van der Waals surface area contributed by atoms with Gasteiger partial charge in [-0.25, -0.2) is 0 Å². The molecule has 1 aliphatic rings. The molecular weight excluding hydrogens is 204 g/mol. The Morgan fingerprint density at radius 3 is 2.94 bits per heavy atom. The molecule has 1 fully saturated rings. The number of hydrogen-bond acceptors (Lipinski definition) is 3. The van der Waals surface area contributed by atoms with Gasteiger partial charge in [-0.1, -0.05) is 6.08 Å². The average molecular weight is 226 g/mol. The monoisotopic (exact) mass is 226 g/mol. The van der Waals surface area contributed by atoms with E-state index in [0.29, 0.717) is 13.0 Å². The Bertz CT molecular complexity index is 243. The summed E-state index contributed by atoms with van der Waals surface area (Å²) in [6.45, 7) is 4.97. The maximum Gasteiger partial charge on any atom is 0.239 e. The predicted octanol–water partition coefficient (Wildman–Crippen LogP) is 0.524. The van der Waals surface area contributed by atoms with E-state index in [1.54, 1.807) is 4.90 Å². The van der Waals surface area contributed by atoms with E-state index < -0.39 is 0 Å². The van der Waals surface area contributed by atoms with E-state index in [0.717, 1.165) is 25.8 Å². The molecular formula is C12H22N2O2. The van der Waals surface area contributed by atoms with Crippen molar-refractivity contribution in [3.63, 3.8) is 0 Å². The fourth-order valence-electron chi connectivity index (χ4n) is 1.92. The van der Waals surface area contributed by atoms with Gasteiger partial charge in [0.1, 0.15) is 0 Å². The molecule has 0 aliphatic carbocycles. The third-order valence-corrected chi connectivity index (χ3v) is 2.93. The second kappa shape index (κ2) is 6.66. The number of hydrogen-bond donors (Lipinski definition) is 2. The van der Waals surface area contributed by atoms with Crippen LogP contribution < -0.4 is 5.32 Å². The largest absolute Gasteiger partial charge is 0.392 e. The van der Waals surface area contributed by atoms with Crippen molar-refractivity contribution in [3.05, 3.63) is 12.7 Å². The van der Waals surface area contributed by atoms with Crippen molar-refractivity contribution in [1.82, 2.24) is 10.2 Å². The number of rotatable bonds is 6. The van der Waals surface area contributed by atoms with Gasteiger partial charge < -0.3 is 15.3 Å². The number of unbranched alkanes of at least 4 members (excludes halogenated alkanes) is 2. The Morgan fingerprint density at radius 1 is 1.62 bits per heavy atom. The third kappa shape index (κ3) is 3.94. The van der Waals surface area contributed by atoms with Gasteiger partial charge in [0.2, 0.25) is 5.91 Å². The molecule has 1 saturated heterocycles. The number of allylic oxidation sites excluding steroid dienone is 1. The number of carbonyl (C=O) groups is 1. The van der Waals surface area contributed by atoms with Crippen LogP contribution in [-0.2, 0) is 4.79 Å². The smallest absolute Gasteiger partial charge is 0.239 e. The standard InChI is InChI=1S/C12H22N2O2/c1-3-4-5-6-7-14(2)12(16)11-8-10(15)9-13-11/h3,10-11,13,15H,1,4-9H2,2H3/t10-,11-/m1/s1. The van der Waals surface area contributed by atoms with Gasteiger partial charge in [0.25, 0.3) is 0 Å². The van der Waals surface area contributed by atoms with Crippen LogP contribution in [0.15, 0.2) is 12.7 Å². The second-order valence-electron chi connectivity index (χ2n) is 4.39. The maximum atomic E-state index is 11.9. The van der Waals surface area contributed by atoms with Crippen LogP contribution >= 0.6 is 0 Å². The molecule has 1 heterocycles. The lowest BCUT2D eigenvalue weighted by Gasteiger charge is -2.20. The van der Waals surface area contributed by atoms with Crippen molar-refractivity contribution in [2.24, 2.45) is 0 Å². The summed E-state index contributed by atoms with van der Waals surface area (Å²) >= 11 is 0. The highest BCUT2D eigenvalue weighted by molar-refractivity contribution is 5.82. The Kier molecular flexibility index (Phi) is 5.49. The van der Waals surface area contributed by atoms with Crippen molar-refractivity contribution in [3.8, 4) is 0 Å². The highest BCUT2D eigenvalue weighted by Gasteiger charge is 2.29. The summed E-state index contributed by atoms with van der Waals surface area (Å²) in [5.74, 6) is 0.0927. The molecule has 0 radical (unpaired) electrons. The summed E-state index contributed by atoms with van der Waals surface area (Å²) in [5, 5.41) is 12.4. The molecule has 92 valence electrons. The average Bonchev–Trinajstić information content (AvgIpc) is 2.70. The van der Waals surface area contributed by atoms with Gasteiger partial charge in [-0.05, 0) is 25.7 Å². The highest BCUT2D eigenvalue weighted by Crippen LogP contribution is 2.09.